The summed E-state index contributed by atoms with van der Waals surface area (Å²) in [6, 6.07) is 22.1. The molecule has 0 bridgehead atoms. The Bertz CT molecular complexity index is 1380. The van der Waals surface area contributed by atoms with Crippen LogP contribution in [0.3, 0.4) is 0 Å². The molecule has 2 aliphatic heterocycles. The van der Waals surface area contributed by atoms with Crippen LogP contribution in [0.25, 0.3) is 0 Å². The molecule has 9 heteroatoms. The molecular weight excluding hydrogens is 535 g/mol. The van der Waals surface area contributed by atoms with Gasteiger partial charge in [-0.1, -0.05) is 48.9 Å². The van der Waals surface area contributed by atoms with E-state index in [0.717, 1.165) is 17.7 Å². The molecule has 204 valence electrons. The number of halogens is 2. The van der Waals surface area contributed by atoms with Gasteiger partial charge in [-0.2, -0.15) is 0 Å². The lowest BCUT2D eigenvalue weighted by molar-refractivity contribution is -0.146. The summed E-state index contributed by atoms with van der Waals surface area (Å²) in [7, 11) is -3.28. The highest BCUT2D eigenvalue weighted by atomic mass is 35.5. The fourth-order valence-corrected chi connectivity index (χ4v) is 9.13. The maximum absolute atomic E-state index is 15.7. The number of fused-ring (bicyclic) bond motifs is 2. The monoisotopic (exact) mass is 566 g/mol. The average molecular weight is 567 g/mol. The Morgan fingerprint density at radius 2 is 1.82 bits per heavy atom. The second kappa shape index (κ2) is 10.5. The van der Waals surface area contributed by atoms with E-state index in [9.17, 15) is 14.7 Å². The van der Waals surface area contributed by atoms with Crippen LogP contribution in [0.2, 0.25) is 23.7 Å². The smallest absolute Gasteiger partial charge is 0.264 e. The van der Waals surface area contributed by atoms with Crippen LogP contribution in [0.1, 0.15) is 24.5 Å². The molecular formula is C30H32ClFN2O4Si. The third kappa shape index (κ3) is 4.69. The largest absolute Gasteiger partial charge is 0.396 e. The minimum Gasteiger partial charge on any atom is -0.396 e. The number of anilines is 3. The summed E-state index contributed by atoms with van der Waals surface area (Å²) in [4.78, 5) is 29.6. The fraction of sp³-hybridized carbons (Fsp3) is 0.333. The van der Waals surface area contributed by atoms with Crippen LogP contribution >= 0.6 is 11.6 Å². The molecule has 1 N–H and O–H groups in total. The lowest BCUT2D eigenvalue weighted by Gasteiger charge is -2.31. The van der Waals surface area contributed by atoms with Gasteiger partial charge in [0.05, 0.1) is 18.3 Å². The van der Waals surface area contributed by atoms with Crippen LogP contribution < -0.4 is 9.80 Å². The highest BCUT2D eigenvalue weighted by Crippen LogP contribution is 2.60. The van der Waals surface area contributed by atoms with Crippen LogP contribution in [0.4, 0.5) is 21.2 Å². The summed E-state index contributed by atoms with van der Waals surface area (Å²) in [6.45, 7) is 5.22. The van der Waals surface area contributed by atoms with E-state index in [-0.39, 0.29) is 25.5 Å². The van der Waals surface area contributed by atoms with Crippen molar-refractivity contribution >= 4 is 49.4 Å². The Balaban J connectivity index is 1.54. The molecule has 1 spiro atoms. The summed E-state index contributed by atoms with van der Waals surface area (Å²) in [6.07, 6.45) is 0.436. The van der Waals surface area contributed by atoms with Gasteiger partial charge in [-0.05, 0) is 67.5 Å². The number of aliphatic hydroxyl groups is 1. The Morgan fingerprint density at radius 1 is 1.10 bits per heavy atom. The third-order valence-electron chi connectivity index (χ3n) is 8.01. The van der Waals surface area contributed by atoms with Gasteiger partial charge < -0.3 is 18.9 Å². The number of hydrogen-bond donors (Lipinski definition) is 1. The number of rotatable bonds is 8. The highest BCUT2D eigenvalue weighted by molar-refractivity contribution is 6.72. The Kier molecular flexibility index (Phi) is 7.41. The predicted octanol–water partition coefficient (Wildman–Crippen LogP) is 6.34. The summed E-state index contributed by atoms with van der Waals surface area (Å²) in [5, 5.41) is 10.2. The SMILES string of the molecule is C[C@@H]1[C@@H]([Si](C)(C)F)[C@H](CCO)O[C@@]12C(=O)N(Cc1cccc(N(C=O)c3ccccc3)c1)c1ccc(Cl)cc12. The molecule has 2 heterocycles. The summed E-state index contributed by atoms with van der Waals surface area (Å²) in [5.74, 6) is -0.720. The van der Waals surface area contributed by atoms with Crippen molar-refractivity contribution in [2.45, 2.75) is 50.2 Å². The van der Waals surface area contributed by atoms with Crippen molar-refractivity contribution in [2.75, 3.05) is 16.4 Å². The molecule has 1 fully saturated rings. The van der Waals surface area contributed by atoms with Crippen molar-refractivity contribution in [3.63, 3.8) is 0 Å². The number of benzene rings is 3. The Hall–Kier alpha value is -3.04. The number of carbonyl (C=O) groups is 2. The van der Waals surface area contributed by atoms with Crippen molar-refractivity contribution in [3.05, 3.63) is 88.9 Å². The zero-order chi connectivity index (χ0) is 27.9. The standard InChI is InChI=1S/C30H32ClFN2O4Si/c1-20-28(39(2,3)32)27(14-15-35)38-30(20)25-17-22(31)12-13-26(25)33(29(30)37)18-21-8-7-11-24(16-21)34(19-36)23-9-5-4-6-10-23/h4-13,16-17,19-20,27-28,35H,14-15,18H2,1-3H3/t20-,27+,28-,30+/m1/s1. The molecule has 0 unspecified atom stereocenters. The Labute approximate surface area is 234 Å². The molecule has 3 aromatic rings. The van der Waals surface area contributed by atoms with Crippen LogP contribution in [0.15, 0.2) is 72.8 Å². The maximum Gasteiger partial charge on any atom is 0.264 e. The number of amides is 2. The fourth-order valence-electron chi connectivity index (χ4n) is 6.42. The molecule has 0 aliphatic carbocycles. The maximum atomic E-state index is 15.7. The van der Waals surface area contributed by atoms with E-state index in [2.05, 4.69) is 0 Å². The van der Waals surface area contributed by atoms with Crippen LogP contribution in [0.5, 0.6) is 0 Å². The van der Waals surface area contributed by atoms with Crippen molar-refractivity contribution in [1.29, 1.82) is 0 Å². The normalized spacial score (nSPS) is 24.3. The van der Waals surface area contributed by atoms with Crippen molar-refractivity contribution < 1.29 is 23.5 Å². The predicted molar refractivity (Wildman–Crippen MR) is 153 cm³/mol. The molecule has 2 aliphatic rings. The average Bonchev–Trinajstić information content (AvgIpc) is 3.32. The van der Waals surface area contributed by atoms with Gasteiger partial charge in [0.25, 0.3) is 5.91 Å². The molecule has 0 saturated carbocycles. The topological polar surface area (TPSA) is 70.1 Å². The van der Waals surface area contributed by atoms with E-state index in [1.54, 1.807) is 41.1 Å². The van der Waals surface area contributed by atoms with E-state index >= 15 is 4.11 Å². The van der Waals surface area contributed by atoms with Gasteiger partial charge in [-0.3, -0.25) is 14.5 Å². The molecule has 1 saturated heterocycles. The van der Waals surface area contributed by atoms with E-state index in [0.29, 0.717) is 22.0 Å². The molecule has 4 atom stereocenters. The number of ether oxygens (including phenoxy) is 1. The first-order valence-electron chi connectivity index (χ1n) is 13.1. The summed E-state index contributed by atoms with van der Waals surface area (Å²) >= 11 is 6.41. The summed E-state index contributed by atoms with van der Waals surface area (Å²) in [5.41, 5.74) is 1.65. The molecule has 5 rings (SSSR count). The zero-order valence-corrected chi connectivity index (χ0v) is 23.9. The van der Waals surface area contributed by atoms with E-state index in [4.69, 9.17) is 16.3 Å². The van der Waals surface area contributed by atoms with Gasteiger partial charge in [0.2, 0.25) is 14.8 Å². The zero-order valence-electron chi connectivity index (χ0n) is 22.2. The quantitative estimate of drug-likeness (QED) is 0.196. The number of hydrogen-bond acceptors (Lipinski definition) is 4. The number of carbonyl (C=O) groups excluding carboxylic acids is 2. The molecule has 0 radical (unpaired) electrons. The lowest BCUT2D eigenvalue weighted by Crippen LogP contribution is -2.45. The van der Waals surface area contributed by atoms with Crippen LogP contribution in [-0.2, 0) is 26.5 Å². The first-order valence-corrected chi connectivity index (χ1v) is 16.4. The van der Waals surface area contributed by atoms with Gasteiger partial charge in [0, 0.05) is 40.0 Å². The summed E-state index contributed by atoms with van der Waals surface area (Å²) < 4.78 is 22.2. The first-order chi connectivity index (χ1) is 18.6. The third-order valence-corrected chi connectivity index (χ3v) is 10.7. The molecule has 2 amide bonds. The van der Waals surface area contributed by atoms with Gasteiger partial charge in [-0.15, -0.1) is 0 Å². The van der Waals surface area contributed by atoms with Crippen LogP contribution in [0, 0.1) is 5.92 Å². The molecule has 39 heavy (non-hydrogen) atoms. The second-order valence-corrected chi connectivity index (χ2v) is 15.0. The van der Waals surface area contributed by atoms with Crippen molar-refractivity contribution in [2.24, 2.45) is 5.92 Å². The van der Waals surface area contributed by atoms with Gasteiger partial charge in [-0.25, -0.2) is 0 Å². The molecule has 3 aromatic carbocycles. The lowest BCUT2D eigenvalue weighted by atomic mass is 9.82. The van der Waals surface area contributed by atoms with Crippen LogP contribution in [-0.4, -0.2) is 38.5 Å². The molecule has 6 nitrogen and oxygen atoms in total. The number of aliphatic hydroxyl groups excluding tert-OH is 1. The second-order valence-electron chi connectivity index (χ2n) is 10.8. The minimum atomic E-state index is -3.28. The molecule has 0 aromatic heterocycles. The van der Waals surface area contributed by atoms with Gasteiger partial charge in [0.15, 0.2) is 5.60 Å². The van der Waals surface area contributed by atoms with Crippen molar-refractivity contribution in [1.82, 2.24) is 0 Å². The minimum absolute atomic E-state index is 0.157. The number of para-hydroxylation sites is 1. The Morgan fingerprint density at radius 3 is 2.49 bits per heavy atom. The van der Waals surface area contributed by atoms with E-state index in [1.165, 1.54) is 0 Å². The van der Waals surface area contributed by atoms with E-state index in [1.807, 2.05) is 61.5 Å². The highest BCUT2D eigenvalue weighted by Gasteiger charge is 2.66. The van der Waals surface area contributed by atoms with Gasteiger partial charge in [0.1, 0.15) is 0 Å². The number of nitrogens with zero attached hydrogens (tertiary/aromatic N) is 2. The van der Waals surface area contributed by atoms with E-state index < -0.39 is 31.6 Å². The van der Waals surface area contributed by atoms with Crippen molar-refractivity contribution in [3.8, 4) is 0 Å². The van der Waals surface area contributed by atoms with Gasteiger partial charge >= 0.3 is 0 Å². The first kappa shape index (κ1) is 27.5.